The molecule has 120 valence electrons. The van der Waals surface area contributed by atoms with Crippen molar-refractivity contribution in [3.8, 4) is 0 Å². The molecule has 0 saturated carbocycles. The van der Waals surface area contributed by atoms with Crippen LogP contribution < -0.4 is 0 Å². The van der Waals surface area contributed by atoms with Crippen molar-refractivity contribution in [3.05, 3.63) is 34.9 Å². The SMILES string of the molecule is CCCC1(c2ccc(C(=O)N3CCCC3)c(C)c2)OCCO1. The van der Waals surface area contributed by atoms with Crippen molar-refractivity contribution in [3.63, 3.8) is 0 Å². The Morgan fingerprint density at radius 2 is 1.91 bits per heavy atom. The molecule has 2 fully saturated rings. The van der Waals surface area contributed by atoms with Crippen LogP contribution in [0.25, 0.3) is 0 Å². The van der Waals surface area contributed by atoms with E-state index in [4.69, 9.17) is 9.47 Å². The van der Waals surface area contributed by atoms with E-state index in [1.54, 1.807) is 0 Å². The normalized spacial score (nSPS) is 20.5. The lowest BCUT2D eigenvalue weighted by Crippen LogP contribution is -2.29. The zero-order valence-corrected chi connectivity index (χ0v) is 13.6. The highest BCUT2D eigenvalue weighted by atomic mass is 16.7. The van der Waals surface area contributed by atoms with Crippen molar-refractivity contribution in [2.45, 2.75) is 45.3 Å². The maximum absolute atomic E-state index is 12.6. The molecule has 0 bridgehead atoms. The van der Waals surface area contributed by atoms with E-state index < -0.39 is 5.79 Å². The fourth-order valence-corrected chi connectivity index (χ4v) is 3.47. The van der Waals surface area contributed by atoms with Gasteiger partial charge in [0.25, 0.3) is 5.91 Å². The van der Waals surface area contributed by atoms with Gasteiger partial charge >= 0.3 is 0 Å². The molecule has 0 unspecified atom stereocenters. The van der Waals surface area contributed by atoms with Gasteiger partial charge in [-0.15, -0.1) is 0 Å². The summed E-state index contributed by atoms with van der Waals surface area (Å²) < 4.78 is 11.8. The van der Waals surface area contributed by atoms with Crippen molar-refractivity contribution in [2.24, 2.45) is 0 Å². The van der Waals surface area contributed by atoms with Crippen LogP contribution in [0.2, 0.25) is 0 Å². The van der Waals surface area contributed by atoms with Crippen molar-refractivity contribution < 1.29 is 14.3 Å². The van der Waals surface area contributed by atoms with Crippen LogP contribution in [0.1, 0.15) is 54.1 Å². The summed E-state index contributed by atoms with van der Waals surface area (Å²) in [6, 6.07) is 6.00. The summed E-state index contributed by atoms with van der Waals surface area (Å²) in [5.41, 5.74) is 2.83. The minimum atomic E-state index is -0.616. The third kappa shape index (κ3) is 2.77. The van der Waals surface area contributed by atoms with E-state index in [1.807, 2.05) is 24.0 Å². The van der Waals surface area contributed by atoms with E-state index in [0.29, 0.717) is 13.2 Å². The van der Waals surface area contributed by atoms with Gasteiger partial charge in [0, 0.05) is 30.6 Å². The van der Waals surface area contributed by atoms with Gasteiger partial charge in [0.2, 0.25) is 0 Å². The molecular formula is C18H25NO3. The van der Waals surface area contributed by atoms with Gasteiger partial charge in [0.15, 0.2) is 5.79 Å². The summed E-state index contributed by atoms with van der Waals surface area (Å²) in [6.45, 7) is 7.16. The largest absolute Gasteiger partial charge is 0.343 e. The maximum atomic E-state index is 12.6. The van der Waals surface area contributed by atoms with Crippen LogP contribution >= 0.6 is 0 Å². The number of likely N-dealkylation sites (tertiary alicyclic amines) is 1. The van der Waals surface area contributed by atoms with Crippen LogP contribution in [0.5, 0.6) is 0 Å². The number of hydrogen-bond acceptors (Lipinski definition) is 3. The standard InChI is InChI=1S/C18H25NO3/c1-3-8-18(21-11-12-22-18)15-6-7-16(14(2)13-15)17(20)19-9-4-5-10-19/h6-7,13H,3-5,8-12H2,1-2H3. The highest BCUT2D eigenvalue weighted by molar-refractivity contribution is 5.95. The average molecular weight is 303 g/mol. The third-order valence-electron chi connectivity index (χ3n) is 4.62. The lowest BCUT2D eigenvalue weighted by Gasteiger charge is -2.28. The Morgan fingerprint density at radius 1 is 1.23 bits per heavy atom. The second-order valence-electron chi connectivity index (χ2n) is 6.23. The molecule has 4 heteroatoms. The molecule has 4 nitrogen and oxygen atoms in total. The van der Waals surface area contributed by atoms with Gasteiger partial charge in [-0.05, 0) is 37.5 Å². The van der Waals surface area contributed by atoms with Gasteiger partial charge in [0.1, 0.15) is 0 Å². The fraction of sp³-hybridized carbons (Fsp3) is 0.611. The van der Waals surface area contributed by atoms with Crippen LogP contribution in [-0.4, -0.2) is 37.1 Å². The molecule has 2 saturated heterocycles. The maximum Gasteiger partial charge on any atom is 0.254 e. The smallest absolute Gasteiger partial charge is 0.254 e. The summed E-state index contributed by atoms with van der Waals surface area (Å²) >= 11 is 0. The van der Waals surface area contributed by atoms with Gasteiger partial charge in [-0.1, -0.05) is 19.4 Å². The van der Waals surface area contributed by atoms with Crippen molar-refractivity contribution in [2.75, 3.05) is 26.3 Å². The van der Waals surface area contributed by atoms with E-state index >= 15 is 0 Å². The number of ether oxygens (including phenoxy) is 2. The number of rotatable bonds is 4. The molecule has 2 aliphatic heterocycles. The Balaban J connectivity index is 1.86. The van der Waals surface area contributed by atoms with E-state index in [9.17, 15) is 4.79 Å². The molecule has 0 aromatic heterocycles. The van der Waals surface area contributed by atoms with Crippen LogP contribution in [-0.2, 0) is 15.3 Å². The summed E-state index contributed by atoms with van der Waals surface area (Å²) in [4.78, 5) is 14.5. The van der Waals surface area contributed by atoms with Crippen LogP contribution in [0.3, 0.4) is 0 Å². The van der Waals surface area contributed by atoms with E-state index in [1.165, 1.54) is 0 Å². The lowest BCUT2D eigenvalue weighted by atomic mass is 9.96. The van der Waals surface area contributed by atoms with Crippen LogP contribution in [0, 0.1) is 6.92 Å². The highest BCUT2D eigenvalue weighted by Crippen LogP contribution is 2.36. The number of carbonyl (C=O) groups excluding carboxylic acids is 1. The zero-order valence-electron chi connectivity index (χ0n) is 13.6. The molecule has 0 aliphatic carbocycles. The number of benzene rings is 1. The molecule has 2 aliphatic rings. The number of amides is 1. The first kappa shape index (κ1) is 15.5. The monoisotopic (exact) mass is 303 g/mol. The number of hydrogen-bond donors (Lipinski definition) is 0. The van der Waals surface area contributed by atoms with Crippen molar-refractivity contribution >= 4 is 5.91 Å². The average Bonchev–Trinajstić information content (AvgIpc) is 3.19. The first-order valence-corrected chi connectivity index (χ1v) is 8.34. The topological polar surface area (TPSA) is 38.8 Å². The van der Waals surface area contributed by atoms with Crippen molar-refractivity contribution in [1.29, 1.82) is 0 Å². The molecular weight excluding hydrogens is 278 g/mol. The molecule has 1 aromatic rings. The minimum Gasteiger partial charge on any atom is -0.343 e. The lowest BCUT2D eigenvalue weighted by molar-refractivity contribution is -0.171. The molecule has 2 heterocycles. The summed E-state index contributed by atoms with van der Waals surface area (Å²) in [5.74, 6) is -0.464. The van der Waals surface area contributed by atoms with Gasteiger partial charge in [-0.25, -0.2) is 0 Å². The summed E-state index contributed by atoms with van der Waals surface area (Å²) in [6.07, 6.45) is 4.06. The van der Waals surface area contributed by atoms with Crippen LogP contribution in [0.4, 0.5) is 0 Å². The number of aryl methyl sites for hydroxylation is 1. The van der Waals surface area contributed by atoms with Gasteiger partial charge in [0.05, 0.1) is 13.2 Å². The predicted octanol–water partition coefficient (Wildman–Crippen LogP) is 3.23. The van der Waals surface area contributed by atoms with E-state index in [2.05, 4.69) is 13.0 Å². The Bertz CT molecular complexity index is 543. The van der Waals surface area contributed by atoms with Gasteiger partial charge in [-0.2, -0.15) is 0 Å². The van der Waals surface area contributed by atoms with E-state index in [-0.39, 0.29) is 5.91 Å². The van der Waals surface area contributed by atoms with Crippen LogP contribution in [0.15, 0.2) is 18.2 Å². The summed E-state index contributed by atoms with van der Waals surface area (Å²) in [7, 11) is 0. The first-order valence-electron chi connectivity index (χ1n) is 8.34. The number of carbonyl (C=O) groups is 1. The molecule has 0 N–H and O–H groups in total. The number of nitrogens with zero attached hydrogens (tertiary/aromatic N) is 1. The second kappa shape index (κ2) is 6.39. The molecule has 3 rings (SSSR count). The Hall–Kier alpha value is -1.39. The molecule has 1 aromatic carbocycles. The molecule has 22 heavy (non-hydrogen) atoms. The third-order valence-corrected chi connectivity index (χ3v) is 4.62. The molecule has 0 spiro atoms. The van der Waals surface area contributed by atoms with E-state index in [0.717, 1.165) is 55.5 Å². The Morgan fingerprint density at radius 3 is 2.50 bits per heavy atom. The first-order chi connectivity index (χ1) is 10.7. The quantitative estimate of drug-likeness (QED) is 0.857. The van der Waals surface area contributed by atoms with Crippen molar-refractivity contribution in [1.82, 2.24) is 4.90 Å². The molecule has 0 radical (unpaired) electrons. The molecule has 0 atom stereocenters. The fourth-order valence-electron chi connectivity index (χ4n) is 3.47. The summed E-state index contributed by atoms with van der Waals surface area (Å²) in [5, 5.41) is 0. The Labute approximate surface area is 132 Å². The second-order valence-corrected chi connectivity index (χ2v) is 6.23. The minimum absolute atomic E-state index is 0.152. The Kier molecular flexibility index (Phi) is 4.50. The predicted molar refractivity (Wildman–Crippen MR) is 84.8 cm³/mol. The van der Waals surface area contributed by atoms with Gasteiger partial charge < -0.3 is 14.4 Å². The van der Waals surface area contributed by atoms with Gasteiger partial charge in [-0.3, -0.25) is 4.79 Å². The zero-order chi connectivity index (χ0) is 15.6. The molecule has 1 amide bonds. The highest BCUT2D eigenvalue weighted by Gasteiger charge is 2.38.